The van der Waals surface area contributed by atoms with Crippen LogP contribution in [0.3, 0.4) is 0 Å². The minimum atomic E-state index is 0.103. The monoisotopic (exact) mass is 378 g/mol. The number of nitrogens with zero attached hydrogens (tertiary/aromatic N) is 2. The van der Waals surface area contributed by atoms with Crippen molar-refractivity contribution in [1.29, 1.82) is 0 Å². The maximum Gasteiger partial charge on any atom is 0.224 e. The number of nitrogens with one attached hydrogen (secondary N) is 2. The Morgan fingerprint density at radius 1 is 1.07 bits per heavy atom. The fourth-order valence-corrected chi connectivity index (χ4v) is 4.55. The number of benzene rings is 2. The average Bonchev–Trinajstić information content (AvgIpc) is 2.72. The van der Waals surface area contributed by atoms with Gasteiger partial charge in [0.2, 0.25) is 5.91 Å². The molecule has 0 bridgehead atoms. The quantitative estimate of drug-likeness (QED) is 0.856. The van der Waals surface area contributed by atoms with E-state index in [1.165, 1.54) is 11.3 Å². The third kappa shape index (κ3) is 3.47. The van der Waals surface area contributed by atoms with Crippen LogP contribution in [0.4, 0.5) is 17.1 Å². The van der Waals surface area contributed by atoms with E-state index in [1.807, 2.05) is 11.0 Å². The highest BCUT2D eigenvalue weighted by molar-refractivity contribution is 5.94. The molecule has 1 amide bonds. The van der Waals surface area contributed by atoms with Crippen LogP contribution < -0.4 is 20.4 Å². The van der Waals surface area contributed by atoms with E-state index in [-0.39, 0.29) is 18.0 Å². The number of carbonyl (C=O) groups is 1. The van der Waals surface area contributed by atoms with Crippen LogP contribution in [0, 0.1) is 5.92 Å². The summed E-state index contributed by atoms with van der Waals surface area (Å²) in [4.78, 5) is 16.7. The molecule has 4 rings (SSSR count). The molecular formula is C23H30N4O. The number of para-hydroxylation sites is 1. The lowest BCUT2D eigenvalue weighted by atomic mass is 9.82. The fraction of sp³-hybridized carbons (Fsp3) is 0.435. The molecule has 0 aromatic heterocycles. The highest BCUT2D eigenvalue weighted by atomic mass is 16.2. The Morgan fingerprint density at radius 2 is 1.82 bits per heavy atom. The Bertz CT molecular complexity index is 846. The van der Waals surface area contributed by atoms with Crippen LogP contribution in [0.25, 0.3) is 0 Å². The number of amides is 1. The fourth-order valence-electron chi connectivity index (χ4n) is 4.55. The van der Waals surface area contributed by atoms with E-state index in [4.69, 9.17) is 0 Å². The third-order valence-corrected chi connectivity index (χ3v) is 6.22. The molecule has 2 aromatic rings. The summed E-state index contributed by atoms with van der Waals surface area (Å²) in [6, 6.07) is 17.3. The molecule has 3 atom stereocenters. The summed E-state index contributed by atoms with van der Waals surface area (Å²) >= 11 is 0. The predicted molar refractivity (Wildman–Crippen MR) is 116 cm³/mol. The van der Waals surface area contributed by atoms with Gasteiger partial charge in [0.15, 0.2) is 0 Å². The van der Waals surface area contributed by atoms with Crippen LogP contribution in [0.2, 0.25) is 0 Å². The van der Waals surface area contributed by atoms with Crippen molar-refractivity contribution in [3.8, 4) is 0 Å². The van der Waals surface area contributed by atoms with Gasteiger partial charge in [0.25, 0.3) is 0 Å². The number of carbonyl (C=O) groups excluding carboxylic acids is 1. The molecule has 0 spiro atoms. The van der Waals surface area contributed by atoms with Crippen molar-refractivity contribution >= 4 is 23.0 Å². The second-order valence-electron chi connectivity index (χ2n) is 7.96. The molecule has 2 aliphatic heterocycles. The summed E-state index contributed by atoms with van der Waals surface area (Å²) in [5, 5.41) is 7.19. The van der Waals surface area contributed by atoms with Gasteiger partial charge in [-0.3, -0.25) is 4.79 Å². The van der Waals surface area contributed by atoms with Crippen molar-refractivity contribution in [3.05, 3.63) is 54.1 Å². The third-order valence-electron chi connectivity index (χ3n) is 6.22. The highest BCUT2D eigenvalue weighted by Gasteiger charge is 2.37. The van der Waals surface area contributed by atoms with E-state index in [1.54, 1.807) is 6.92 Å². The van der Waals surface area contributed by atoms with E-state index >= 15 is 0 Å². The second kappa shape index (κ2) is 7.84. The lowest BCUT2D eigenvalue weighted by Gasteiger charge is -2.44. The number of anilines is 3. The lowest BCUT2D eigenvalue weighted by Crippen LogP contribution is -2.48. The van der Waals surface area contributed by atoms with Crippen molar-refractivity contribution < 1.29 is 4.79 Å². The summed E-state index contributed by atoms with van der Waals surface area (Å²) in [6.07, 6.45) is 0. The van der Waals surface area contributed by atoms with Gasteiger partial charge in [0.1, 0.15) is 0 Å². The molecule has 2 N–H and O–H groups in total. The van der Waals surface area contributed by atoms with E-state index < -0.39 is 0 Å². The Morgan fingerprint density at radius 3 is 2.57 bits per heavy atom. The molecule has 2 heterocycles. The number of hydrogen-bond donors (Lipinski definition) is 2. The molecule has 0 aliphatic carbocycles. The maximum absolute atomic E-state index is 12.3. The smallest absolute Gasteiger partial charge is 0.224 e. The lowest BCUT2D eigenvalue weighted by molar-refractivity contribution is -0.117. The zero-order chi connectivity index (χ0) is 19.7. The molecule has 1 saturated heterocycles. The van der Waals surface area contributed by atoms with Crippen molar-refractivity contribution in [3.63, 3.8) is 0 Å². The van der Waals surface area contributed by atoms with Gasteiger partial charge in [-0.15, -0.1) is 0 Å². The standard InChI is InChI=1S/C23H30N4O/c1-16-17(2)27(18(3)28)22-10-5-4-9-21(22)23(16)25-19-7-6-8-20(15-19)26-13-11-24-12-14-26/h4-10,15-17,23-25H,11-14H2,1-3H3/t16?,17-,23?/m0/s1. The van der Waals surface area contributed by atoms with Crippen molar-refractivity contribution in [1.82, 2.24) is 5.32 Å². The summed E-state index contributed by atoms with van der Waals surface area (Å²) in [5.41, 5.74) is 4.61. The highest BCUT2D eigenvalue weighted by Crippen LogP contribution is 2.42. The van der Waals surface area contributed by atoms with Gasteiger partial charge in [-0.1, -0.05) is 31.2 Å². The molecule has 2 aromatic carbocycles. The predicted octanol–water partition coefficient (Wildman–Crippen LogP) is 3.64. The van der Waals surface area contributed by atoms with Gasteiger partial charge in [-0.25, -0.2) is 0 Å². The minimum Gasteiger partial charge on any atom is -0.378 e. The van der Waals surface area contributed by atoms with E-state index in [2.05, 4.69) is 71.8 Å². The number of rotatable bonds is 3. The molecule has 0 saturated carbocycles. The number of hydrogen-bond acceptors (Lipinski definition) is 4. The van der Waals surface area contributed by atoms with Gasteiger partial charge in [-0.05, 0) is 36.8 Å². The van der Waals surface area contributed by atoms with Crippen molar-refractivity contribution in [2.24, 2.45) is 5.92 Å². The van der Waals surface area contributed by atoms with Crippen LogP contribution >= 0.6 is 0 Å². The van der Waals surface area contributed by atoms with Gasteiger partial charge in [0.05, 0.1) is 6.04 Å². The van der Waals surface area contributed by atoms with Crippen molar-refractivity contribution in [2.75, 3.05) is 41.3 Å². The summed E-state index contributed by atoms with van der Waals surface area (Å²) in [5.74, 6) is 0.396. The van der Waals surface area contributed by atoms with Gasteiger partial charge in [0, 0.05) is 62.1 Å². The normalized spacial score (nSPS) is 24.6. The largest absolute Gasteiger partial charge is 0.378 e. The second-order valence-corrected chi connectivity index (χ2v) is 7.96. The Balaban J connectivity index is 1.64. The maximum atomic E-state index is 12.3. The van der Waals surface area contributed by atoms with E-state index in [0.29, 0.717) is 5.92 Å². The average molecular weight is 379 g/mol. The molecule has 148 valence electrons. The van der Waals surface area contributed by atoms with Gasteiger partial charge >= 0.3 is 0 Å². The zero-order valence-electron chi connectivity index (χ0n) is 17.0. The molecule has 1 fully saturated rings. The minimum absolute atomic E-state index is 0.103. The molecule has 2 aliphatic rings. The van der Waals surface area contributed by atoms with E-state index in [9.17, 15) is 4.79 Å². The zero-order valence-corrected chi connectivity index (χ0v) is 17.0. The first-order valence-corrected chi connectivity index (χ1v) is 10.3. The Labute approximate surface area is 167 Å². The first-order valence-electron chi connectivity index (χ1n) is 10.3. The molecular weight excluding hydrogens is 348 g/mol. The molecule has 28 heavy (non-hydrogen) atoms. The Kier molecular flexibility index (Phi) is 5.27. The van der Waals surface area contributed by atoms with Crippen LogP contribution in [0.1, 0.15) is 32.4 Å². The van der Waals surface area contributed by atoms with Crippen LogP contribution in [0.15, 0.2) is 48.5 Å². The first kappa shape index (κ1) is 18.8. The molecule has 0 radical (unpaired) electrons. The Hall–Kier alpha value is -2.53. The molecule has 5 nitrogen and oxygen atoms in total. The molecule has 2 unspecified atom stereocenters. The number of piperazine rings is 1. The first-order chi connectivity index (χ1) is 13.6. The summed E-state index contributed by atoms with van der Waals surface area (Å²) in [7, 11) is 0. The van der Waals surface area contributed by atoms with Crippen LogP contribution in [-0.2, 0) is 4.79 Å². The van der Waals surface area contributed by atoms with Crippen molar-refractivity contribution in [2.45, 2.75) is 32.9 Å². The molecule has 5 heteroatoms. The van der Waals surface area contributed by atoms with Crippen LogP contribution in [-0.4, -0.2) is 38.1 Å². The topological polar surface area (TPSA) is 47.6 Å². The summed E-state index contributed by atoms with van der Waals surface area (Å²) < 4.78 is 0. The van der Waals surface area contributed by atoms with Crippen LogP contribution in [0.5, 0.6) is 0 Å². The summed E-state index contributed by atoms with van der Waals surface area (Å²) in [6.45, 7) is 10.2. The van der Waals surface area contributed by atoms with E-state index in [0.717, 1.165) is 37.6 Å². The van der Waals surface area contributed by atoms with Gasteiger partial charge in [-0.2, -0.15) is 0 Å². The number of fused-ring (bicyclic) bond motifs is 1. The SMILES string of the molecule is CC(=O)N1c2ccccc2C(Nc2cccc(N3CCNCC3)c2)C(C)[C@@H]1C. The van der Waals surface area contributed by atoms with Gasteiger partial charge < -0.3 is 20.4 Å².